The van der Waals surface area contributed by atoms with Crippen molar-refractivity contribution in [1.82, 2.24) is 0 Å². The number of nitrogens with two attached hydrogens (primary N) is 1. The Hall–Kier alpha value is -2.83. The lowest BCUT2D eigenvalue weighted by molar-refractivity contribution is -0.0498. The average molecular weight is 402 g/mol. The van der Waals surface area contributed by atoms with Crippen LogP contribution in [0, 0.1) is 0 Å². The first kappa shape index (κ1) is 19.5. The number of hydrogen-bond donors (Lipinski definition) is 1. The molecule has 0 saturated heterocycles. The number of rotatable bonds is 6. The molecule has 29 heavy (non-hydrogen) atoms. The third kappa shape index (κ3) is 3.99. The highest BCUT2D eigenvalue weighted by Gasteiger charge is 2.46. The second-order valence-electron chi connectivity index (χ2n) is 7.47. The molecule has 154 valence electrons. The normalized spacial score (nSPS) is 22.8. The molecule has 0 aromatic heterocycles. The van der Waals surface area contributed by atoms with Gasteiger partial charge in [-0.1, -0.05) is 38.0 Å². The van der Waals surface area contributed by atoms with Gasteiger partial charge in [0, 0.05) is 12.0 Å². The van der Waals surface area contributed by atoms with Crippen LogP contribution in [0.4, 0.5) is 8.78 Å². The molecule has 0 amide bonds. The summed E-state index contributed by atoms with van der Waals surface area (Å²) in [5.74, 6) is 0.885. The van der Waals surface area contributed by atoms with Crippen molar-refractivity contribution in [1.29, 1.82) is 0 Å². The highest BCUT2D eigenvalue weighted by molar-refractivity contribution is 5.75. The first-order valence-corrected chi connectivity index (χ1v) is 9.83. The number of halogens is 2. The van der Waals surface area contributed by atoms with Gasteiger partial charge in [0.1, 0.15) is 29.7 Å². The van der Waals surface area contributed by atoms with Gasteiger partial charge in [0.05, 0.1) is 0 Å². The minimum Gasteiger partial charge on any atom is -0.490 e. The number of fused-ring (bicyclic) bond motifs is 2. The minimum absolute atomic E-state index is 0.0503. The summed E-state index contributed by atoms with van der Waals surface area (Å²) in [6.07, 6.45) is 3.86. The SMILES string of the molecule is CCCCC1CC2(COC(N)=N2)c2cc(-c3cccc(OC(F)F)c3)ccc2O1. The number of unbranched alkanes of at least 4 members (excludes halogenated alkanes) is 1. The van der Waals surface area contributed by atoms with Crippen molar-refractivity contribution in [2.75, 3.05) is 6.61 Å². The van der Waals surface area contributed by atoms with Gasteiger partial charge in [0.2, 0.25) is 0 Å². The van der Waals surface area contributed by atoms with Crippen molar-refractivity contribution >= 4 is 6.02 Å². The summed E-state index contributed by atoms with van der Waals surface area (Å²) in [4.78, 5) is 4.64. The van der Waals surface area contributed by atoms with Crippen LogP contribution < -0.4 is 15.2 Å². The molecule has 2 N–H and O–H groups in total. The summed E-state index contributed by atoms with van der Waals surface area (Å²) in [6.45, 7) is -0.339. The van der Waals surface area contributed by atoms with Crippen LogP contribution in [-0.4, -0.2) is 25.3 Å². The number of hydrogen-bond acceptors (Lipinski definition) is 5. The summed E-state index contributed by atoms with van der Waals surface area (Å²) >= 11 is 0. The standard InChI is InChI=1S/C22H24F2N2O3/c1-2-3-6-17-12-22(13-27-21(25)26-22)18-11-15(8-9-19(18)28-17)14-5-4-7-16(10-14)29-20(23)24/h4-5,7-11,17,20H,2-3,6,12-13H2,1H3,(H2,25,26). The summed E-state index contributed by atoms with van der Waals surface area (Å²) in [7, 11) is 0. The van der Waals surface area contributed by atoms with Gasteiger partial charge in [0.15, 0.2) is 0 Å². The first-order chi connectivity index (χ1) is 14.0. The first-order valence-electron chi connectivity index (χ1n) is 9.83. The molecule has 0 radical (unpaired) electrons. The molecule has 0 aliphatic carbocycles. The Morgan fingerprint density at radius 2 is 2.07 bits per heavy atom. The summed E-state index contributed by atoms with van der Waals surface area (Å²) in [5, 5.41) is 0. The Labute approximate surface area is 168 Å². The van der Waals surface area contributed by atoms with Gasteiger partial charge < -0.3 is 19.9 Å². The molecule has 0 fully saturated rings. The number of benzene rings is 2. The van der Waals surface area contributed by atoms with Crippen LogP contribution in [0.1, 0.15) is 38.2 Å². The average Bonchev–Trinajstić information content (AvgIpc) is 3.06. The van der Waals surface area contributed by atoms with Crippen molar-refractivity contribution in [2.45, 2.75) is 50.9 Å². The van der Waals surface area contributed by atoms with Crippen molar-refractivity contribution < 1.29 is 23.0 Å². The molecule has 2 aromatic carbocycles. The van der Waals surface area contributed by atoms with Gasteiger partial charge in [0.25, 0.3) is 6.02 Å². The van der Waals surface area contributed by atoms with E-state index in [0.29, 0.717) is 13.0 Å². The number of alkyl halides is 2. The van der Waals surface area contributed by atoms with Gasteiger partial charge in [-0.3, -0.25) is 0 Å². The Bertz CT molecular complexity index is 919. The number of aliphatic imine (C=N–C) groups is 1. The van der Waals surface area contributed by atoms with E-state index in [1.165, 1.54) is 6.07 Å². The lowest BCUT2D eigenvalue weighted by Gasteiger charge is -2.37. The van der Waals surface area contributed by atoms with E-state index in [-0.39, 0.29) is 17.9 Å². The van der Waals surface area contributed by atoms with Crippen LogP contribution in [0.25, 0.3) is 11.1 Å². The molecular formula is C22H24F2N2O3. The Morgan fingerprint density at radius 1 is 1.24 bits per heavy atom. The van der Waals surface area contributed by atoms with Crippen LogP contribution in [0.5, 0.6) is 11.5 Å². The second-order valence-corrected chi connectivity index (χ2v) is 7.47. The maximum atomic E-state index is 12.6. The zero-order valence-corrected chi connectivity index (χ0v) is 16.2. The molecule has 0 bridgehead atoms. The zero-order chi connectivity index (χ0) is 20.4. The fraction of sp³-hybridized carbons (Fsp3) is 0.409. The van der Waals surface area contributed by atoms with Gasteiger partial charge in [-0.05, 0) is 41.8 Å². The van der Waals surface area contributed by atoms with E-state index < -0.39 is 12.2 Å². The smallest absolute Gasteiger partial charge is 0.387 e. The molecule has 4 rings (SSSR count). The molecular weight excluding hydrogens is 378 g/mol. The molecule has 2 unspecified atom stereocenters. The van der Waals surface area contributed by atoms with Gasteiger partial charge in [-0.25, -0.2) is 4.99 Å². The van der Waals surface area contributed by atoms with E-state index >= 15 is 0 Å². The van der Waals surface area contributed by atoms with Crippen molar-refractivity contribution in [2.24, 2.45) is 10.7 Å². The lowest BCUT2D eigenvalue weighted by atomic mass is 9.81. The topological polar surface area (TPSA) is 66.1 Å². The van der Waals surface area contributed by atoms with E-state index in [9.17, 15) is 8.78 Å². The van der Waals surface area contributed by atoms with E-state index in [1.54, 1.807) is 12.1 Å². The quantitative estimate of drug-likeness (QED) is 0.751. The predicted molar refractivity (Wildman–Crippen MR) is 106 cm³/mol. The van der Waals surface area contributed by atoms with Crippen molar-refractivity contribution in [3.05, 3.63) is 48.0 Å². The maximum Gasteiger partial charge on any atom is 0.387 e. The predicted octanol–water partition coefficient (Wildman–Crippen LogP) is 4.84. The Kier molecular flexibility index (Phi) is 5.30. The lowest BCUT2D eigenvalue weighted by Crippen LogP contribution is -2.38. The molecule has 7 heteroatoms. The molecule has 1 spiro atoms. The Balaban J connectivity index is 1.71. The fourth-order valence-corrected chi connectivity index (χ4v) is 4.04. The third-order valence-electron chi connectivity index (χ3n) is 5.40. The molecule has 2 aliphatic rings. The van der Waals surface area contributed by atoms with Crippen LogP contribution >= 0.6 is 0 Å². The van der Waals surface area contributed by atoms with Crippen LogP contribution in [-0.2, 0) is 10.3 Å². The van der Waals surface area contributed by atoms with Gasteiger partial charge in [-0.15, -0.1) is 0 Å². The third-order valence-corrected chi connectivity index (χ3v) is 5.40. The van der Waals surface area contributed by atoms with E-state index in [1.807, 2.05) is 24.3 Å². The van der Waals surface area contributed by atoms with Crippen molar-refractivity contribution in [3.8, 4) is 22.6 Å². The van der Waals surface area contributed by atoms with Gasteiger partial charge >= 0.3 is 6.61 Å². The van der Waals surface area contributed by atoms with E-state index in [0.717, 1.165) is 41.7 Å². The van der Waals surface area contributed by atoms with E-state index in [4.69, 9.17) is 15.2 Å². The monoisotopic (exact) mass is 402 g/mol. The molecule has 5 nitrogen and oxygen atoms in total. The minimum atomic E-state index is -2.86. The summed E-state index contributed by atoms with van der Waals surface area (Å²) < 4.78 is 41.4. The zero-order valence-electron chi connectivity index (χ0n) is 16.2. The van der Waals surface area contributed by atoms with Crippen LogP contribution in [0.3, 0.4) is 0 Å². The highest BCUT2D eigenvalue weighted by Crippen LogP contribution is 2.46. The number of nitrogens with zero attached hydrogens (tertiary/aromatic N) is 1. The van der Waals surface area contributed by atoms with Crippen LogP contribution in [0.2, 0.25) is 0 Å². The summed E-state index contributed by atoms with van der Waals surface area (Å²) in [6, 6.07) is 12.6. The Morgan fingerprint density at radius 3 is 2.79 bits per heavy atom. The fourth-order valence-electron chi connectivity index (χ4n) is 4.04. The molecule has 2 atom stereocenters. The number of ether oxygens (including phenoxy) is 3. The molecule has 2 aromatic rings. The highest BCUT2D eigenvalue weighted by atomic mass is 19.3. The second kappa shape index (κ2) is 7.89. The van der Waals surface area contributed by atoms with Crippen molar-refractivity contribution in [3.63, 3.8) is 0 Å². The number of amidine groups is 1. The summed E-state index contributed by atoms with van der Waals surface area (Å²) in [5.41, 5.74) is 7.81. The maximum absolute atomic E-state index is 12.6. The van der Waals surface area contributed by atoms with Crippen LogP contribution in [0.15, 0.2) is 47.5 Å². The molecule has 2 heterocycles. The van der Waals surface area contributed by atoms with Gasteiger partial charge in [-0.2, -0.15) is 8.78 Å². The van der Waals surface area contributed by atoms with E-state index in [2.05, 4.69) is 16.7 Å². The molecule has 2 aliphatic heterocycles. The largest absolute Gasteiger partial charge is 0.490 e. The molecule has 0 saturated carbocycles.